The first-order chi connectivity index (χ1) is 17.7. The summed E-state index contributed by atoms with van der Waals surface area (Å²) in [6.45, 7) is 3.11. The number of ether oxygens (including phenoxy) is 2. The van der Waals surface area contributed by atoms with E-state index in [4.69, 9.17) is 37.2 Å². The quantitative estimate of drug-likeness (QED) is 0.168. The second-order valence-corrected chi connectivity index (χ2v) is 10.7. The molecule has 1 aliphatic rings. The molecular formula is C23H26F2N3O8PS. The number of aliphatic hydroxyl groups is 1. The molecule has 2 unspecified atom stereocenters. The number of aromatic amines is 1. The highest BCUT2D eigenvalue weighted by Gasteiger charge is 2.67. The van der Waals surface area contributed by atoms with Gasteiger partial charge in [0.15, 0.2) is 12.3 Å². The van der Waals surface area contributed by atoms with Gasteiger partial charge in [-0.05, 0) is 39.0 Å². The van der Waals surface area contributed by atoms with Crippen molar-refractivity contribution in [3.05, 3.63) is 57.7 Å². The van der Waals surface area contributed by atoms with Crippen LogP contribution in [0.5, 0.6) is 5.75 Å². The number of para-hydroxylation sites is 1. The van der Waals surface area contributed by atoms with E-state index in [2.05, 4.69) is 10.1 Å². The van der Waals surface area contributed by atoms with Crippen LogP contribution in [0.1, 0.15) is 27.0 Å². The lowest BCUT2D eigenvalue weighted by Gasteiger charge is -2.28. The number of esters is 1. The molecule has 11 nitrogen and oxygen atoms in total. The van der Waals surface area contributed by atoms with E-state index in [-0.39, 0.29) is 10.4 Å². The zero-order valence-electron chi connectivity index (χ0n) is 20.5. The van der Waals surface area contributed by atoms with Crippen LogP contribution >= 0.6 is 20.0 Å². The number of nitrogens with zero attached hydrogens (tertiary/aromatic N) is 1. The lowest BCUT2D eigenvalue weighted by atomic mass is 9.96. The lowest BCUT2D eigenvalue weighted by molar-refractivity contribution is -0.204. The molecular weight excluding hydrogens is 547 g/mol. The van der Waals surface area contributed by atoms with Crippen LogP contribution < -0.4 is 15.3 Å². The Bertz CT molecular complexity index is 1370. The summed E-state index contributed by atoms with van der Waals surface area (Å²) in [6, 6.07) is 7.50. The van der Waals surface area contributed by atoms with Gasteiger partial charge in [0.05, 0.1) is 6.10 Å². The van der Waals surface area contributed by atoms with Gasteiger partial charge in [-0.25, -0.2) is 18.1 Å². The van der Waals surface area contributed by atoms with Gasteiger partial charge in [-0.2, -0.15) is 5.09 Å². The summed E-state index contributed by atoms with van der Waals surface area (Å²) in [5, 5.41) is 12.9. The number of H-pyrrole nitrogens is 1. The highest BCUT2D eigenvalue weighted by molar-refractivity contribution is 7.71. The van der Waals surface area contributed by atoms with E-state index in [1.54, 1.807) is 38.0 Å². The van der Waals surface area contributed by atoms with Crippen molar-refractivity contribution in [2.24, 2.45) is 0 Å². The average molecular weight is 574 g/mol. The Hall–Kier alpha value is -2.92. The van der Waals surface area contributed by atoms with Gasteiger partial charge in [0, 0.05) is 6.20 Å². The van der Waals surface area contributed by atoms with Gasteiger partial charge in [0.2, 0.25) is 5.67 Å². The van der Waals surface area contributed by atoms with Crippen molar-refractivity contribution in [2.45, 2.75) is 56.8 Å². The van der Waals surface area contributed by atoms with Crippen LogP contribution in [0.3, 0.4) is 0 Å². The number of benzene rings is 1. The summed E-state index contributed by atoms with van der Waals surface area (Å²) in [4.78, 5) is 26.8. The third-order valence-corrected chi connectivity index (χ3v) is 7.12. The molecule has 15 heteroatoms. The molecule has 1 aliphatic heterocycles. The predicted octanol–water partition coefficient (Wildman–Crippen LogP) is 2.94. The van der Waals surface area contributed by atoms with Gasteiger partial charge in [0.1, 0.15) is 23.0 Å². The Balaban J connectivity index is 1.90. The van der Waals surface area contributed by atoms with Gasteiger partial charge in [-0.15, -0.1) is 6.42 Å². The van der Waals surface area contributed by atoms with E-state index in [0.717, 1.165) is 6.20 Å². The zero-order valence-corrected chi connectivity index (χ0v) is 22.2. The fourth-order valence-electron chi connectivity index (χ4n) is 3.43. The molecule has 1 aromatic heterocycles. The van der Waals surface area contributed by atoms with Gasteiger partial charge in [-0.3, -0.25) is 18.9 Å². The minimum absolute atomic E-state index is 0.00000627. The van der Waals surface area contributed by atoms with Crippen LogP contribution in [-0.2, 0) is 23.4 Å². The molecule has 0 spiro atoms. The van der Waals surface area contributed by atoms with Gasteiger partial charge >= 0.3 is 19.4 Å². The molecule has 0 saturated carbocycles. The second-order valence-electron chi connectivity index (χ2n) is 8.60. The van der Waals surface area contributed by atoms with Crippen LogP contribution in [0.2, 0.25) is 0 Å². The molecule has 1 fully saturated rings. The first-order valence-corrected chi connectivity index (χ1v) is 13.2. The number of terminal acetylenes is 1. The maximum Gasteiger partial charge on any atom is 0.459 e. The first kappa shape index (κ1) is 29.6. The second kappa shape index (κ2) is 11.4. The Morgan fingerprint density at radius 3 is 2.58 bits per heavy atom. The molecule has 0 radical (unpaired) electrons. The molecule has 2 aromatic rings. The molecule has 0 bridgehead atoms. The van der Waals surface area contributed by atoms with Gasteiger partial charge in [-0.1, -0.05) is 36.3 Å². The van der Waals surface area contributed by atoms with Crippen molar-refractivity contribution < 1.29 is 41.8 Å². The van der Waals surface area contributed by atoms with E-state index in [1.165, 1.54) is 25.1 Å². The number of halogens is 2. The summed E-state index contributed by atoms with van der Waals surface area (Å²) in [6.07, 6.45) is 0.903. The summed E-state index contributed by atoms with van der Waals surface area (Å²) >= 11 is 4.83. The predicted molar refractivity (Wildman–Crippen MR) is 133 cm³/mol. The molecule has 3 rings (SSSR count). The third kappa shape index (κ3) is 6.37. The highest BCUT2D eigenvalue weighted by atomic mass is 32.1. The molecule has 3 N–H and O–H groups in total. The number of aromatic nitrogens is 2. The first-order valence-electron chi connectivity index (χ1n) is 11.2. The smallest absolute Gasteiger partial charge is 0.459 e. The zero-order chi connectivity index (χ0) is 28.3. The van der Waals surface area contributed by atoms with E-state index in [9.17, 15) is 19.3 Å². The maximum absolute atomic E-state index is 15.9. The summed E-state index contributed by atoms with van der Waals surface area (Å²) in [5.74, 6) is -2.60. The minimum Gasteiger partial charge on any atom is -0.462 e. The molecule has 6 atom stereocenters. The molecule has 0 amide bonds. The van der Waals surface area contributed by atoms with Crippen molar-refractivity contribution in [3.63, 3.8) is 0 Å². The van der Waals surface area contributed by atoms with Crippen LogP contribution in [0.15, 0.2) is 47.4 Å². The topological polar surface area (TPSA) is 141 Å². The number of hydrogen-bond acceptors (Lipinski definition) is 9. The monoisotopic (exact) mass is 573 g/mol. The number of carbonyl (C=O) groups is 1. The van der Waals surface area contributed by atoms with Crippen LogP contribution in [0, 0.1) is 17.0 Å². The number of carbonyl (C=O) groups excluding carboxylic acids is 1. The largest absolute Gasteiger partial charge is 0.462 e. The SMILES string of the molecule is C#C[C@@]1(F)C(O)[C@@](F)(COP(=O)(N[C@@H](C)C(=O)OC(C)C)Oc2ccccc2)O[C@H]1n1ccc(=S)[nH]c1=O. The van der Waals surface area contributed by atoms with Crippen molar-refractivity contribution in [3.8, 4) is 18.1 Å². The summed E-state index contributed by atoms with van der Waals surface area (Å²) in [5.41, 5.74) is -4.25. The fourth-order valence-corrected chi connectivity index (χ4v) is 5.08. The average Bonchev–Trinajstić information content (AvgIpc) is 3.05. The van der Waals surface area contributed by atoms with Crippen molar-refractivity contribution >= 4 is 25.9 Å². The van der Waals surface area contributed by atoms with E-state index in [1.807, 2.05) is 0 Å². The standard InChI is InChI=1S/C23H26F2N3O8PS/c1-5-22(24)19(30)23(25,35-20(22)28-12-11-17(38)26-21(28)31)13-33-37(32,36-16-9-7-6-8-10-16)27-15(4)18(29)34-14(2)3/h1,6-12,14-15,19-20,30H,13H2,2-4H3,(H,27,32)(H,26,31,38)/t15-,19?,20+,22+,23+,37?/m0/s1. The normalized spacial score (nSPS) is 27.3. The molecule has 206 valence electrons. The third-order valence-electron chi connectivity index (χ3n) is 5.26. The Kier molecular flexibility index (Phi) is 8.93. The fraction of sp³-hybridized carbons (Fsp3) is 0.435. The lowest BCUT2D eigenvalue weighted by Crippen LogP contribution is -2.48. The number of alkyl halides is 2. The number of rotatable bonds is 10. The van der Waals surface area contributed by atoms with E-state index in [0.29, 0.717) is 4.57 Å². The van der Waals surface area contributed by atoms with Gasteiger partial charge < -0.3 is 19.1 Å². The molecule has 2 heterocycles. The van der Waals surface area contributed by atoms with Crippen molar-refractivity contribution in [1.29, 1.82) is 0 Å². The maximum atomic E-state index is 15.9. The number of aliphatic hydroxyl groups excluding tert-OH is 1. The van der Waals surface area contributed by atoms with Crippen LogP contribution in [0.25, 0.3) is 0 Å². The number of hydrogen-bond donors (Lipinski definition) is 3. The molecule has 1 saturated heterocycles. The Morgan fingerprint density at radius 2 is 2.00 bits per heavy atom. The number of nitrogens with one attached hydrogen (secondary N) is 2. The Labute approximate surface area is 221 Å². The van der Waals surface area contributed by atoms with Crippen molar-refractivity contribution in [1.82, 2.24) is 14.6 Å². The van der Waals surface area contributed by atoms with Crippen LogP contribution in [0.4, 0.5) is 8.78 Å². The summed E-state index contributed by atoms with van der Waals surface area (Å²) < 4.78 is 66.5. The van der Waals surface area contributed by atoms with Crippen LogP contribution in [-0.4, -0.2) is 57.0 Å². The Morgan fingerprint density at radius 1 is 1.34 bits per heavy atom. The van der Waals surface area contributed by atoms with Gasteiger partial charge in [0.25, 0.3) is 5.85 Å². The molecule has 38 heavy (non-hydrogen) atoms. The molecule has 0 aliphatic carbocycles. The molecule has 1 aromatic carbocycles. The van der Waals surface area contributed by atoms with E-state index >= 15 is 8.78 Å². The van der Waals surface area contributed by atoms with E-state index < -0.39 is 62.0 Å². The summed E-state index contributed by atoms with van der Waals surface area (Å²) in [7, 11) is -4.62. The highest BCUT2D eigenvalue weighted by Crippen LogP contribution is 2.51. The van der Waals surface area contributed by atoms with Crippen molar-refractivity contribution in [2.75, 3.05) is 6.61 Å². The minimum atomic E-state index is -4.62.